The maximum atomic E-state index is 12.3. The van der Waals surface area contributed by atoms with Crippen LogP contribution in [0.1, 0.15) is 38.4 Å². The van der Waals surface area contributed by atoms with Crippen molar-refractivity contribution in [3.63, 3.8) is 0 Å². The van der Waals surface area contributed by atoms with Crippen LogP contribution < -0.4 is 0 Å². The average molecular weight is 391 g/mol. The van der Waals surface area contributed by atoms with Crippen LogP contribution in [0.25, 0.3) is 6.08 Å². The van der Waals surface area contributed by atoms with E-state index >= 15 is 0 Å². The van der Waals surface area contributed by atoms with Crippen molar-refractivity contribution >= 4 is 33.8 Å². The third-order valence-corrected chi connectivity index (χ3v) is 4.53. The molecule has 1 aromatic carbocycles. The number of halogens is 1. The van der Waals surface area contributed by atoms with Gasteiger partial charge in [0.15, 0.2) is 11.3 Å². The lowest BCUT2D eigenvalue weighted by Crippen LogP contribution is -2.15. The summed E-state index contributed by atoms with van der Waals surface area (Å²) in [6.07, 6.45) is 2.72. The summed E-state index contributed by atoms with van der Waals surface area (Å²) in [5, 5.41) is 0. The molecule has 0 spiro atoms. The number of carbonyl (C=O) groups excluding carboxylic acids is 2. The summed E-state index contributed by atoms with van der Waals surface area (Å²) in [6, 6.07) is 5.28. The van der Waals surface area contributed by atoms with Crippen LogP contribution in [0.4, 0.5) is 0 Å². The molecule has 4 nitrogen and oxygen atoms in total. The Hall–Kier alpha value is -2.14. The SMILES string of the molecule is Cc1cc(C(=O)COC(=O)/C=C/c2ccc(Br)o2)c(C)c(C)c1C. The van der Waals surface area contributed by atoms with Crippen LogP contribution in [-0.2, 0) is 9.53 Å². The van der Waals surface area contributed by atoms with Gasteiger partial charge in [0.05, 0.1) is 0 Å². The van der Waals surface area contributed by atoms with E-state index < -0.39 is 5.97 Å². The molecular formula is C19H19BrO4. The fourth-order valence-corrected chi connectivity index (χ4v) is 2.65. The Labute approximate surface area is 149 Å². The molecule has 0 bridgehead atoms. The molecule has 0 amide bonds. The Morgan fingerprint density at radius 3 is 2.46 bits per heavy atom. The highest BCUT2D eigenvalue weighted by Gasteiger charge is 2.15. The molecule has 0 aliphatic carbocycles. The molecule has 0 radical (unpaired) electrons. The third kappa shape index (κ3) is 4.23. The molecule has 126 valence electrons. The highest BCUT2D eigenvalue weighted by atomic mass is 79.9. The molecule has 1 aromatic heterocycles. The van der Waals surface area contributed by atoms with E-state index in [1.807, 2.05) is 33.8 Å². The fraction of sp³-hybridized carbons (Fsp3) is 0.263. The Bertz CT molecular complexity index is 815. The lowest BCUT2D eigenvalue weighted by Gasteiger charge is -2.13. The first-order valence-electron chi connectivity index (χ1n) is 7.50. The van der Waals surface area contributed by atoms with Crippen molar-refractivity contribution in [3.8, 4) is 0 Å². The van der Waals surface area contributed by atoms with E-state index in [1.165, 1.54) is 17.7 Å². The lowest BCUT2D eigenvalue weighted by atomic mass is 9.93. The minimum atomic E-state index is -0.589. The molecule has 0 fully saturated rings. The zero-order chi connectivity index (χ0) is 17.9. The van der Waals surface area contributed by atoms with Crippen LogP contribution in [0.2, 0.25) is 0 Å². The smallest absolute Gasteiger partial charge is 0.331 e. The average Bonchev–Trinajstić information content (AvgIpc) is 2.97. The molecular weight excluding hydrogens is 372 g/mol. The first-order chi connectivity index (χ1) is 11.3. The van der Waals surface area contributed by atoms with Crippen LogP contribution in [-0.4, -0.2) is 18.4 Å². The topological polar surface area (TPSA) is 56.5 Å². The zero-order valence-corrected chi connectivity index (χ0v) is 15.7. The largest absolute Gasteiger partial charge is 0.454 e. The quantitative estimate of drug-likeness (QED) is 0.421. The third-order valence-electron chi connectivity index (χ3n) is 4.10. The maximum Gasteiger partial charge on any atom is 0.331 e. The summed E-state index contributed by atoms with van der Waals surface area (Å²) in [5.41, 5.74) is 4.84. The number of carbonyl (C=O) groups is 2. The fourth-order valence-electron chi connectivity index (χ4n) is 2.33. The van der Waals surface area contributed by atoms with Crippen molar-refractivity contribution in [2.45, 2.75) is 27.7 Å². The second kappa shape index (κ2) is 7.62. The molecule has 0 aliphatic rings. The molecule has 0 aliphatic heterocycles. The normalized spacial score (nSPS) is 11.0. The predicted molar refractivity (Wildman–Crippen MR) is 96.1 cm³/mol. The Balaban J connectivity index is 2.00. The van der Waals surface area contributed by atoms with Crippen molar-refractivity contribution in [1.82, 2.24) is 0 Å². The van der Waals surface area contributed by atoms with Gasteiger partial charge in [0, 0.05) is 11.6 Å². The molecule has 0 N–H and O–H groups in total. The van der Waals surface area contributed by atoms with Crippen LogP contribution in [0.15, 0.2) is 33.4 Å². The van der Waals surface area contributed by atoms with Gasteiger partial charge in [-0.25, -0.2) is 4.79 Å². The van der Waals surface area contributed by atoms with E-state index in [2.05, 4.69) is 15.9 Å². The van der Waals surface area contributed by atoms with E-state index in [-0.39, 0.29) is 12.4 Å². The van der Waals surface area contributed by atoms with E-state index in [1.54, 1.807) is 12.1 Å². The number of esters is 1. The first kappa shape index (κ1) is 18.2. The molecule has 0 saturated carbocycles. The van der Waals surface area contributed by atoms with Crippen molar-refractivity contribution < 1.29 is 18.7 Å². The number of hydrogen-bond acceptors (Lipinski definition) is 4. The standard InChI is InChI=1S/C19H19BrO4/c1-11-9-16(14(4)13(3)12(11)2)17(21)10-23-19(22)8-6-15-5-7-18(20)24-15/h5-9H,10H2,1-4H3/b8-6+. The molecule has 2 aromatic rings. The second-order valence-corrected chi connectivity index (χ2v) is 6.40. The van der Waals surface area contributed by atoms with Crippen LogP contribution in [0, 0.1) is 27.7 Å². The molecule has 0 atom stereocenters. The minimum Gasteiger partial charge on any atom is -0.454 e. The minimum absolute atomic E-state index is 0.207. The summed E-state index contributed by atoms with van der Waals surface area (Å²) >= 11 is 3.18. The predicted octanol–water partition coefficient (Wildman–Crippen LogP) is 4.72. The lowest BCUT2D eigenvalue weighted by molar-refractivity contribution is -0.136. The van der Waals surface area contributed by atoms with E-state index in [0.29, 0.717) is 16.0 Å². The Morgan fingerprint density at radius 1 is 1.12 bits per heavy atom. The number of aryl methyl sites for hydroxylation is 1. The van der Waals surface area contributed by atoms with Gasteiger partial charge in [-0.1, -0.05) is 0 Å². The monoisotopic (exact) mass is 390 g/mol. The van der Waals surface area contributed by atoms with Crippen molar-refractivity contribution in [3.05, 3.63) is 62.5 Å². The van der Waals surface area contributed by atoms with Crippen molar-refractivity contribution in [1.29, 1.82) is 0 Å². The molecule has 5 heteroatoms. The van der Waals surface area contributed by atoms with E-state index in [4.69, 9.17) is 9.15 Å². The number of ketones is 1. The van der Waals surface area contributed by atoms with E-state index in [9.17, 15) is 9.59 Å². The number of benzene rings is 1. The number of furan rings is 1. The zero-order valence-electron chi connectivity index (χ0n) is 14.1. The van der Waals surface area contributed by atoms with Crippen LogP contribution in [0.5, 0.6) is 0 Å². The Morgan fingerprint density at radius 2 is 1.83 bits per heavy atom. The van der Waals surface area contributed by atoms with Gasteiger partial charge < -0.3 is 9.15 Å². The number of Topliss-reactive ketones (excluding diaryl/α,β-unsaturated/α-hetero) is 1. The molecule has 0 saturated heterocycles. The molecule has 1 heterocycles. The van der Waals surface area contributed by atoms with Crippen molar-refractivity contribution in [2.24, 2.45) is 0 Å². The second-order valence-electron chi connectivity index (χ2n) is 5.62. The van der Waals surface area contributed by atoms with Gasteiger partial charge in [-0.15, -0.1) is 0 Å². The van der Waals surface area contributed by atoms with Gasteiger partial charge in [0.2, 0.25) is 5.78 Å². The van der Waals surface area contributed by atoms with E-state index in [0.717, 1.165) is 16.7 Å². The summed E-state index contributed by atoms with van der Waals surface area (Å²) in [6.45, 7) is 7.61. The van der Waals surface area contributed by atoms with Gasteiger partial charge in [-0.05, 0) is 90.2 Å². The van der Waals surface area contributed by atoms with Crippen LogP contribution >= 0.6 is 15.9 Å². The number of rotatable bonds is 5. The Kier molecular flexibility index (Phi) is 5.78. The van der Waals surface area contributed by atoms with Crippen LogP contribution in [0.3, 0.4) is 0 Å². The highest BCUT2D eigenvalue weighted by Crippen LogP contribution is 2.21. The number of hydrogen-bond donors (Lipinski definition) is 0. The van der Waals surface area contributed by atoms with Gasteiger partial charge >= 0.3 is 5.97 Å². The molecule has 24 heavy (non-hydrogen) atoms. The highest BCUT2D eigenvalue weighted by molar-refractivity contribution is 9.10. The van der Waals surface area contributed by atoms with Crippen molar-refractivity contribution in [2.75, 3.05) is 6.61 Å². The summed E-state index contributed by atoms with van der Waals surface area (Å²) in [4.78, 5) is 24.1. The first-order valence-corrected chi connectivity index (χ1v) is 8.29. The maximum absolute atomic E-state index is 12.3. The van der Waals surface area contributed by atoms with Gasteiger partial charge in [-0.2, -0.15) is 0 Å². The summed E-state index contributed by atoms with van der Waals surface area (Å²) < 4.78 is 10.8. The summed E-state index contributed by atoms with van der Waals surface area (Å²) in [5.74, 6) is -0.277. The van der Waals surface area contributed by atoms with Gasteiger partial charge in [0.1, 0.15) is 5.76 Å². The van der Waals surface area contributed by atoms with Gasteiger partial charge in [0.25, 0.3) is 0 Å². The molecule has 2 rings (SSSR count). The number of ether oxygens (including phenoxy) is 1. The van der Waals surface area contributed by atoms with Gasteiger partial charge in [-0.3, -0.25) is 4.79 Å². The molecule has 0 unspecified atom stereocenters. The summed E-state index contributed by atoms with van der Waals surface area (Å²) in [7, 11) is 0.